The van der Waals surface area contributed by atoms with Crippen molar-refractivity contribution >= 4 is 0 Å². The summed E-state index contributed by atoms with van der Waals surface area (Å²) in [5.74, 6) is 1.28. The van der Waals surface area contributed by atoms with E-state index in [0.29, 0.717) is 19.0 Å². The van der Waals surface area contributed by atoms with Gasteiger partial charge in [0, 0.05) is 5.41 Å². The minimum Gasteiger partial charge on any atom is -0.491 e. The van der Waals surface area contributed by atoms with E-state index in [0.717, 1.165) is 17.7 Å². The smallest absolute Gasteiger partial charge is 0.165 e. The van der Waals surface area contributed by atoms with Crippen molar-refractivity contribution in [3.05, 3.63) is 89.7 Å². The first-order chi connectivity index (χ1) is 14.9. The van der Waals surface area contributed by atoms with Gasteiger partial charge in [-0.3, -0.25) is 0 Å². The monoisotopic (exact) mass is 422 g/mol. The third kappa shape index (κ3) is 6.31. The minimum absolute atomic E-state index is 0.125. The molecule has 4 heteroatoms. The van der Waals surface area contributed by atoms with E-state index in [-0.39, 0.29) is 17.3 Å². The fourth-order valence-corrected chi connectivity index (χ4v) is 3.32. The molecule has 0 fully saturated rings. The van der Waals surface area contributed by atoms with Gasteiger partial charge in [0.2, 0.25) is 0 Å². The summed E-state index contributed by atoms with van der Waals surface area (Å²) in [4.78, 5) is 0. The molecule has 0 spiro atoms. The van der Waals surface area contributed by atoms with Gasteiger partial charge < -0.3 is 14.2 Å². The fourth-order valence-electron chi connectivity index (χ4n) is 3.32. The lowest BCUT2D eigenvalue weighted by molar-refractivity contribution is 0.0746. The lowest BCUT2D eigenvalue weighted by Crippen LogP contribution is -2.27. The van der Waals surface area contributed by atoms with E-state index in [2.05, 4.69) is 26.0 Å². The Hall–Kier alpha value is -2.85. The van der Waals surface area contributed by atoms with Gasteiger partial charge in [-0.15, -0.1) is 0 Å². The van der Waals surface area contributed by atoms with Gasteiger partial charge in [0.15, 0.2) is 11.6 Å². The molecule has 0 aliphatic heterocycles. The predicted octanol–water partition coefficient (Wildman–Crippen LogP) is 7.29. The van der Waals surface area contributed by atoms with E-state index in [9.17, 15) is 4.39 Å². The molecule has 0 radical (unpaired) electrons. The number of halogens is 1. The highest BCUT2D eigenvalue weighted by molar-refractivity contribution is 5.35. The first kappa shape index (κ1) is 22.8. The summed E-state index contributed by atoms with van der Waals surface area (Å²) in [6.45, 7) is 9.33. The Labute approximate surface area is 184 Å². The normalized spacial score (nSPS) is 13.1. The van der Waals surface area contributed by atoms with Crippen molar-refractivity contribution in [2.45, 2.75) is 52.2 Å². The van der Waals surface area contributed by atoms with Crippen LogP contribution < -0.4 is 9.47 Å². The molecular formula is C27H31FO3. The van der Waals surface area contributed by atoms with Crippen LogP contribution >= 0.6 is 0 Å². The molecule has 3 aromatic rings. The Morgan fingerprint density at radius 3 is 2.26 bits per heavy atom. The van der Waals surface area contributed by atoms with Gasteiger partial charge in [0.25, 0.3) is 0 Å². The van der Waals surface area contributed by atoms with E-state index >= 15 is 0 Å². The molecule has 0 aliphatic rings. The van der Waals surface area contributed by atoms with Crippen molar-refractivity contribution in [3.63, 3.8) is 0 Å². The van der Waals surface area contributed by atoms with Crippen LogP contribution in [0.25, 0.3) is 0 Å². The zero-order valence-electron chi connectivity index (χ0n) is 18.7. The minimum atomic E-state index is -0.394. The van der Waals surface area contributed by atoms with Crippen molar-refractivity contribution < 1.29 is 18.6 Å². The second-order valence-electron chi connectivity index (χ2n) is 8.28. The van der Waals surface area contributed by atoms with Crippen LogP contribution in [0.5, 0.6) is 17.2 Å². The average molecular weight is 423 g/mol. The summed E-state index contributed by atoms with van der Waals surface area (Å²) in [5, 5.41) is 0. The van der Waals surface area contributed by atoms with Gasteiger partial charge in [0.1, 0.15) is 11.5 Å². The van der Waals surface area contributed by atoms with Gasteiger partial charge in [-0.05, 0) is 67.8 Å². The molecule has 31 heavy (non-hydrogen) atoms. The second-order valence-corrected chi connectivity index (χ2v) is 8.28. The average Bonchev–Trinajstić information content (AvgIpc) is 2.76. The molecule has 0 aromatic heterocycles. The highest BCUT2D eigenvalue weighted by Crippen LogP contribution is 2.31. The van der Waals surface area contributed by atoms with Crippen molar-refractivity contribution in [2.24, 2.45) is 0 Å². The molecule has 3 nitrogen and oxygen atoms in total. The number of hydrogen-bond acceptors (Lipinski definition) is 3. The maximum atomic E-state index is 14.2. The quantitative estimate of drug-likeness (QED) is 0.343. The molecule has 0 saturated carbocycles. The van der Waals surface area contributed by atoms with Crippen molar-refractivity contribution in [1.82, 2.24) is 0 Å². The van der Waals surface area contributed by atoms with Crippen LogP contribution in [0.4, 0.5) is 4.39 Å². The molecular weight excluding hydrogens is 391 g/mol. The van der Waals surface area contributed by atoms with Gasteiger partial charge in [-0.2, -0.15) is 0 Å². The number of ether oxygens (including phenoxy) is 3. The first-order valence-corrected chi connectivity index (χ1v) is 10.8. The van der Waals surface area contributed by atoms with Crippen LogP contribution in [0, 0.1) is 5.82 Å². The SMILES string of the molecule is CCC(C)(COCc1ccc(F)c(Oc2ccccc2)c1)c1ccc(OC(C)C)cc1. The number of hydrogen-bond donors (Lipinski definition) is 0. The third-order valence-electron chi connectivity index (χ3n) is 5.36. The molecule has 0 bridgehead atoms. The molecule has 0 amide bonds. The summed E-state index contributed by atoms with van der Waals surface area (Å²) in [7, 11) is 0. The Morgan fingerprint density at radius 1 is 0.903 bits per heavy atom. The molecule has 3 aromatic carbocycles. The van der Waals surface area contributed by atoms with Crippen LogP contribution in [0.15, 0.2) is 72.8 Å². The molecule has 0 N–H and O–H groups in total. The third-order valence-corrected chi connectivity index (χ3v) is 5.36. The van der Waals surface area contributed by atoms with Crippen LogP contribution in [-0.2, 0) is 16.8 Å². The zero-order chi connectivity index (χ0) is 22.3. The highest BCUT2D eigenvalue weighted by atomic mass is 19.1. The lowest BCUT2D eigenvalue weighted by Gasteiger charge is -2.29. The number of para-hydroxylation sites is 1. The van der Waals surface area contributed by atoms with Crippen molar-refractivity contribution in [1.29, 1.82) is 0 Å². The van der Waals surface area contributed by atoms with Crippen molar-refractivity contribution in [3.8, 4) is 17.2 Å². The topological polar surface area (TPSA) is 27.7 Å². The van der Waals surface area contributed by atoms with Crippen LogP contribution in [0.1, 0.15) is 45.2 Å². The van der Waals surface area contributed by atoms with Gasteiger partial charge >= 0.3 is 0 Å². The van der Waals surface area contributed by atoms with Gasteiger partial charge in [-0.1, -0.05) is 50.2 Å². The maximum absolute atomic E-state index is 14.2. The molecule has 0 aliphatic carbocycles. The van der Waals surface area contributed by atoms with E-state index in [1.165, 1.54) is 11.6 Å². The standard InChI is InChI=1S/C27H31FO3/c1-5-27(4,22-12-14-24(15-13-22)30-20(2)3)19-29-18-21-11-16-25(28)26(17-21)31-23-9-7-6-8-10-23/h6-17,20H,5,18-19H2,1-4H3. The Kier molecular flexibility index (Phi) is 7.69. The Morgan fingerprint density at radius 2 is 1.61 bits per heavy atom. The van der Waals surface area contributed by atoms with E-state index in [1.807, 2.05) is 44.2 Å². The second kappa shape index (κ2) is 10.5. The molecule has 1 unspecified atom stereocenters. The van der Waals surface area contributed by atoms with Crippen LogP contribution in [0.2, 0.25) is 0 Å². The van der Waals surface area contributed by atoms with Crippen LogP contribution in [0.3, 0.4) is 0 Å². The van der Waals surface area contributed by atoms with E-state index < -0.39 is 5.82 Å². The molecule has 1 atom stereocenters. The largest absolute Gasteiger partial charge is 0.491 e. The molecule has 3 rings (SSSR count). The molecule has 0 heterocycles. The summed E-state index contributed by atoms with van der Waals surface area (Å²) in [6, 6.07) is 22.3. The van der Waals surface area contributed by atoms with E-state index in [4.69, 9.17) is 14.2 Å². The first-order valence-electron chi connectivity index (χ1n) is 10.8. The summed E-state index contributed by atoms with van der Waals surface area (Å²) in [5.41, 5.74) is 1.95. The number of rotatable bonds is 10. The molecule has 164 valence electrons. The van der Waals surface area contributed by atoms with Crippen LogP contribution in [-0.4, -0.2) is 12.7 Å². The summed E-state index contributed by atoms with van der Waals surface area (Å²) in [6.07, 6.45) is 1.08. The summed E-state index contributed by atoms with van der Waals surface area (Å²) >= 11 is 0. The van der Waals surface area contributed by atoms with E-state index in [1.54, 1.807) is 24.3 Å². The number of benzene rings is 3. The fraction of sp³-hybridized carbons (Fsp3) is 0.333. The predicted molar refractivity (Wildman–Crippen MR) is 122 cm³/mol. The maximum Gasteiger partial charge on any atom is 0.165 e. The van der Waals surface area contributed by atoms with Gasteiger partial charge in [-0.25, -0.2) is 4.39 Å². The zero-order valence-corrected chi connectivity index (χ0v) is 18.7. The lowest BCUT2D eigenvalue weighted by atomic mass is 9.81. The van der Waals surface area contributed by atoms with Crippen molar-refractivity contribution in [2.75, 3.05) is 6.61 Å². The summed E-state index contributed by atoms with van der Waals surface area (Å²) < 4.78 is 31.7. The Bertz CT molecular complexity index is 954. The highest BCUT2D eigenvalue weighted by Gasteiger charge is 2.25. The molecule has 0 saturated heterocycles. The Balaban J connectivity index is 1.63. The van der Waals surface area contributed by atoms with Gasteiger partial charge in [0.05, 0.1) is 19.3 Å².